The minimum absolute atomic E-state index is 0.184. The molecular formula is C28H22N2O2S. The molecule has 0 saturated carbocycles. The zero-order valence-electron chi connectivity index (χ0n) is 18.1. The Kier molecular flexibility index (Phi) is 6.12. The van der Waals surface area contributed by atoms with E-state index in [-0.39, 0.29) is 4.90 Å². The third kappa shape index (κ3) is 4.72. The lowest BCUT2D eigenvalue weighted by molar-refractivity contribution is 0.601. The molecule has 0 fully saturated rings. The lowest BCUT2D eigenvalue weighted by atomic mass is 9.93. The van der Waals surface area contributed by atoms with Gasteiger partial charge in [-0.3, -0.25) is 4.72 Å². The van der Waals surface area contributed by atoms with Crippen LogP contribution in [-0.2, 0) is 10.0 Å². The van der Waals surface area contributed by atoms with Crippen LogP contribution in [0.4, 0.5) is 5.69 Å². The smallest absolute Gasteiger partial charge is 0.261 e. The average Bonchev–Trinajstić information content (AvgIpc) is 2.84. The Labute approximate surface area is 194 Å². The van der Waals surface area contributed by atoms with E-state index in [4.69, 9.17) is 0 Å². The van der Waals surface area contributed by atoms with Gasteiger partial charge in [0.25, 0.3) is 10.0 Å². The van der Waals surface area contributed by atoms with Crippen molar-refractivity contribution in [3.8, 4) is 17.2 Å². The van der Waals surface area contributed by atoms with E-state index in [9.17, 15) is 13.7 Å². The molecule has 0 aliphatic heterocycles. The van der Waals surface area contributed by atoms with Crippen molar-refractivity contribution in [3.63, 3.8) is 0 Å². The molecular weight excluding hydrogens is 428 g/mol. The van der Waals surface area contributed by atoms with E-state index >= 15 is 0 Å². The zero-order chi connectivity index (χ0) is 23.4. The highest BCUT2D eigenvalue weighted by atomic mass is 32.2. The Morgan fingerprint density at radius 2 is 1.55 bits per heavy atom. The zero-order valence-corrected chi connectivity index (χ0v) is 18.9. The van der Waals surface area contributed by atoms with E-state index < -0.39 is 10.0 Å². The fourth-order valence-corrected chi connectivity index (χ4v) is 4.68. The van der Waals surface area contributed by atoms with Crippen molar-refractivity contribution in [2.45, 2.75) is 11.8 Å². The van der Waals surface area contributed by atoms with Gasteiger partial charge in [0, 0.05) is 5.56 Å². The topological polar surface area (TPSA) is 70.0 Å². The highest BCUT2D eigenvalue weighted by Gasteiger charge is 2.18. The number of anilines is 1. The van der Waals surface area contributed by atoms with Crippen LogP contribution in [0, 0.1) is 18.3 Å². The maximum atomic E-state index is 13.1. The molecule has 0 bridgehead atoms. The number of hydrogen-bond acceptors (Lipinski definition) is 3. The summed E-state index contributed by atoms with van der Waals surface area (Å²) in [6.07, 6.45) is 0. The second-order valence-electron chi connectivity index (χ2n) is 7.68. The number of benzene rings is 4. The third-order valence-corrected chi connectivity index (χ3v) is 6.78. The molecule has 0 spiro atoms. The Balaban J connectivity index is 1.83. The molecule has 0 saturated heterocycles. The summed E-state index contributed by atoms with van der Waals surface area (Å²) in [5.74, 6) is 0. The van der Waals surface area contributed by atoms with Gasteiger partial charge in [0.05, 0.1) is 22.2 Å². The number of rotatable bonds is 6. The molecule has 4 aromatic rings. The van der Waals surface area contributed by atoms with Gasteiger partial charge in [-0.1, -0.05) is 78.9 Å². The lowest BCUT2D eigenvalue weighted by Crippen LogP contribution is -2.14. The molecule has 4 aromatic carbocycles. The molecule has 0 aliphatic rings. The second-order valence-corrected chi connectivity index (χ2v) is 9.36. The second kappa shape index (κ2) is 9.15. The maximum absolute atomic E-state index is 13.1. The fourth-order valence-electron chi connectivity index (χ4n) is 3.60. The van der Waals surface area contributed by atoms with E-state index in [1.54, 1.807) is 36.4 Å². The lowest BCUT2D eigenvalue weighted by Gasteiger charge is -2.17. The van der Waals surface area contributed by atoms with Gasteiger partial charge in [0.15, 0.2) is 0 Å². The Morgan fingerprint density at radius 3 is 2.24 bits per heavy atom. The van der Waals surface area contributed by atoms with E-state index in [0.717, 1.165) is 22.3 Å². The van der Waals surface area contributed by atoms with Crippen molar-refractivity contribution >= 4 is 21.3 Å². The van der Waals surface area contributed by atoms with Crippen LogP contribution in [0.2, 0.25) is 0 Å². The number of nitrogens with one attached hydrogen (secondary N) is 1. The summed E-state index contributed by atoms with van der Waals surface area (Å²) in [6, 6.07) is 31.2. The molecule has 1 N–H and O–H groups in total. The number of aryl methyl sites for hydroxylation is 1. The first-order valence-electron chi connectivity index (χ1n) is 10.4. The normalized spacial score (nSPS) is 10.9. The summed E-state index contributed by atoms with van der Waals surface area (Å²) < 4.78 is 28.9. The number of sulfonamides is 1. The molecule has 0 radical (unpaired) electrons. The quantitative estimate of drug-likeness (QED) is 0.370. The van der Waals surface area contributed by atoms with Crippen LogP contribution >= 0.6 is 0 Å². The van der Waals surface area contributed by atoms with Crippen molar-refractivity contribution in [2.75, 3.05) is 4.72 Å². The first kappa shape index (κ1) is 22.1. The SMILES string of the molecule is C=C(c1ccccc1)c1cc(-c2ccccc2C#N)ccc1NS(=O)(=O)c1ccc(C)cc1. The molecule has 0 atom stereocenters. The van der Waals surface area contributed by atoms with Gasteiger partial charge < -0.3 is 0 Å². The largest absolute Gasteiger partial charge is 0.279 e. The minimum atomic E-state index is -3.80. The summed E-state index contributed by atoms with van der Waals surface area (Å²) in [5, 5.41) is 9.53. The Morgan fingerprint density at radius 1 is 0.879 bits per heavy atom. The minimum Gasteiger partial charge on any atom is -0.279 e. The van der Waals surface area contributed by atoms with Crippen molar-refractivity contribution in [2.24, 2.45) is 0 Å². The van der Waals surface area contributed by atoms with Crippen LogP contribution in [0.15, 0.2) is 109 Å². The van der Waals surface area contributed by atoms with Crippen molar-refractivity contribution < 1.29 is 8.42 Å². The number of nitriles is 1. The summed E-state index contributed by atoms with van der Waals surface area (Å²) >= 11 is 0. The third-order valence-electron chi connectivity index (χ3n) is 5.40. The highest BCUT2D eigenvalue weighted by Crippen LogP contribution is 2.34. The van der Waals surface area contributed by atoms with E-state index in [1.165, 1.54) is 0 Å². The molecule has 0 aliphatic carbocycles. The first-order valence-corrected chi connectivity index (χ1v) is 11.8. The highest BCUT2D eigenvalue weighted by molar-refractivity contribution is 7.92. The molecule has 0 unspecified atom stereocenters. The van der Waals surface area contributed by atoms with Crippen molar-refractivity contribution in [1.29, 1.82) is 5.26 Å². The monoisotopic (exact) mass is 450 g/mol. The van der Waals surface area contributed by atoms with Crippen LogP contribution in [0.25, 0.3) is 16.7 Å². The van der Waals surface area contributed by atoms with Crippen LogP contribution in [0.5, 0.6) is 0 Å². The Bertz CT molecular complexity index is 1470. The van der Waals surface area contributed by atoms with Gasteiger partial charge in [-0.05, 0) is 59.5 Å². The summed E-state index contributed by atoms with van der Waals surface area (Å²) in [7, 11) is -3.80. The molecule has 4 rings (SSSR count). The summed E-state index contributed by atoms with van der Waals surface area (Å²) in [4.78, 5) is 0.184. The van der Waals surface area contributed by atoms with Gasteiger partial charge in [-0.15, -0.1) is 0 Å². The molecule has 162 valence electrons. The van der Waals surface area contributed by atoms with Gasteiger partial charge in [-0.25, -0.2) is 8.42 Å². The molecule has 4 nitrogen and oxygen atoms in total. The molecule has 5 heteroatoms. The molecule has 0 heterocycles. The van der Waals surface area contributed by atoms with Crippen molar-refractivity contribution in [3.05, 3.63) is 126 Å². The van der Waals surface area contributed by atoms with Gasteiger partial charge in [0.1, 0.15) is 0 Å². The summed E-state index contributed by atoms with van der Waals surface area (Å²) in [6.45, 7) is 6.15. The van der Waals surface area contributed by atoms with E-state index in [1.807, 2.05) is 67.6 Å². The van der Waals surface area contributed by atoms with Gasteiger partial charge >= 0.3 is 0 Å². The van der Waals surface area contributed by atoms with Crippen molar-refractivity contribution in [1.82, 2.24) is 0 Å². The van der Waals surface area contributed by atoms with Crippen LogP contribution in [0.3, 0.4) is 0 Å². The molecule has 33 heavy (non-hydrogen) atoms. The molecule has 0 aromatic heterocycles. The van der Waals surface area contributed by atoms with Gasteiger partial charge in [0.2, 0.25) is 0 Å². The average molecular weight is 451 g/mol. The van der Waals surface area contributed by atoms with Gasteiger partial charge in [-0.2, -0.15) is 5.26 Å². The predicted octanol–water partition coefficient (Wildman–Crippen LogP) is 6.40. The number of hydrogen-bond donors (Lipinski definition) is 1. The standard InChI is InChI=1S/C28H22N2O2S/c1-20-12-15-25(16-13-20)33(31,32)30-28-17-14-23(26-11-7-6-10-24(26)19-29)18-27(28)21(2)22-8-4-3-5-9-22/h3-18,30H,2H2,1H3. The maximum Gasteiger partial charge on any atom is 0.261 e. The Hall–Kier alpha value is -4.14. The molecule has 0 amide bonds. The van der Waals surface area contributed by atoms with Crippen LogP contribution < -0.4 is 4.72 Å². The predicted molar refractivity (Wildman–Crippen MR) is 133 cm³/mol. The van der Waals surface area contributed by atoms with E-state index in [0.29, 0.717) is 22.4 Å². The number of nitrogens with zero attached hydrogens (tertiary/aromatic N) is 1. The summed E-state index contributed by atoms with van der Waals surface area (Å²) in [5.41, 5.74) is 5.71. The van der Waals surface area contributed by atoms with E-state index in [2.05, 4.69) is 17.4 Å². The first-order chi connectivity index (χ1) is 15.9. The van der Waals surface area contributed by atoms with Crippen LogP contribution in [0.1, 0.15) is 22.3 Å². The van der Waals surface area contributed by atoms with Crippen LogP contribution in [-0.4, -0.2) is 8.42 Å². The fraction of sp³-hybridized carbons (Fsp3) is 0.0357.